The van der Waals surface area contributed by atoms with E-state index >= 15 is 0 Å². The Hall–Kier alpha value is -3.02. The molecule has 1 aromatic heterocycles. The van der Waals surface area contributed by atoms with Gasteiger partial charge in [-0.25, -0.2) is 9.49 Å². The second-order valence-corrected chi connectivity index (χ2v) is 5.41. The zero-order chi connectivity index (χ0) is 16.9. The molecule has 2 aromatic carbocycles. The normalized spacial score (nSPS) is 10.7. The van der Waals surface area contributed by atoms with Crippen LogP contribution in [0.5, 0.6) is 0 Å². The largest absolute Gasteiger partial charge is 0.355 e. The number of benzene rings is 2. The zero-order valence-electron chi connectivity index (χ0n) is 12.9. The smallest absolute Gasteiger partial charge is 0.272 e. The van der Waals surface area contributed by atoms with Crippen LogP contribution in [0.4, 0.5) is 4.39 Å². The molecule has 0 aliphatic rings. The van der Waals surface area contributed by atoms with E-state index in [4.69, 9.17) is 0 Å². The van der Waals surface area contributed by atoms with Crippen molar-refractivity contribution in [2.24, 2.45) is 0 Å². The fourth-order valence-corrected chi connectivity index (χ4v) is 2.56. The minimum Gasteiger partial charge on any atom is -0.355 e. The number of nitrogens with zero attached hydrogens (tertiary/aromatic N) is 1. The molecule has 122 valence electrons. The van der Waals surface area contributed by atoms with Crippen LogP contribution in [0, 0.1) is 5.82 Å². The average Bonchev–Trinajstić information content (AvgIpc) is 2.59. The highest BCUT2D eigenvalue weighted by Crippen LogP contribution is 2.12. The van der Waals surface area contributed by atoms with Gasteiger partial charge in [0.15, 0.2) is 0 Å². The number of nitrogens with one attached hydrogen (secondary N) is 2. The lowest BCUT2D eigenvalue weighted by atomic mass is 10.1. The van der Waals surface area contributed by atoms with E-state index in [1.165, 1.54) is 6.07 Å². The van der Waals surface area contributed by atoms with Gasteiger partial charge in [0.25, 0.3) is 5.56 Å². The van der Waals surface area contributed by atoms with Crippen molar-refractivity contribution in [2.75, 3.05) is 6.54 Å². The predicted molar refractivity (Wildman–Crippen MR) is 89.2 cm³/mol. The average molecular weight is 325 g/mol. The van der Waals surface area contributed by atoms with Gasteiger partial charge in [0.05, 0.1) is 17.5 Å². The van der Waals surface area contributed by atoms with Crippen LogP contribution in [0.25, 0.3) is 10.8 Å². The molecule has 0 bridgehead atoms. The number of carbonyl (C=O) groups excluding carboxylic acids is 1. The zero-order valence-corrected chi connectivity index (χ0v) is 12.9. The third kappa shape index (κ3) is 3.48. The first-order valence-electron chi connectivity index (χ1n) is 7.61. The van der Waals surface area contributed by atoms with Crippen molar-refractivity contribution in [1.82, 2.24) is 15.5 Å². The number of aromatic nitrogens is 2. The molecule has 0 atom stereocenters. The Kier molecular flexibility index (Phi) is 4.65. The second-order valence-electron chi connectivity index (χ2n) is 5.41. The molecule has 6 heteroatoms. The Morgan fingerprint density at radius 2 is 1.79 bits per heavy atom. The lowest BCUT2D eigenvalue weighted by Gasteiger charge is -2.07. The minimum absolute atomic E-state index is 0.0502. The highest BCUT2D eigenvalue weighted by Gasteiger charge is 2.10. The lowest BCUT2D eigenvalue weighted by Crippen LogP contribution is -2.28. The van der Waals surface area contributed by atoms with E-state index in [1.807, 2.05) is 0 Å². The molecule has 1 heterocycles. The second kappa shape index (κ2) is 7.04. The molecule has 0 aliphatic carbocycles. The summed E-state index contributed by atoms with van der Waals surface area (Å²) in [5, 5.41) is 10.3. The third-order valence-electron chi connectivity index (χ3n) is 3.78. The van der Waals surface area contributed by atoms with E-state index in [0.717, 1.165) is 0 Å². The molecule has 5 nitrogen and oxygen atoms in total. The predicted octanol–water partition coefficient (Wildman–Crippen LogP) is 1.96. The number of hydrogen-bond acceptors (Lipinski definition) is 3. The van der Waals surface area contributed by atoms with Crippen LogP contribution >= 0.6 is 0 Å². The van der Waals surface area contributed by atoms with E-state index in [1.54, 1.807) is 42.5 Å². The van der Waals surface area contributed by atoms with Gasteiger partial charge in [0, 0.05) is 11.9 Å². The standard InChI is InChI=1S/C18H16FN3O2/c19-15-8-4-1-5-12(15)9-10-20-17(23)11-16-13-6-2-3-7-14(13)18(24)22-21-16/h1-8H,9-11H2,(H,20,23)(H,22,24). The molecular formula is C18H16FN3O2. The lowest BCUT2D eigenvalue weighted by molar-refractivity contribution is -0.120. The Labute approximate surface area is 137 Å². The van der Waals surface area contributed by atoms with Crippen LogP contribution in [-0.4, -0.2) is 22.6 Å². The summed E-state index contributed by atoms with van der Waals surface area (Å²) in [7, 11) is 0. The highest BCUT2D eigenvalue weighted by molar-refractivity contribution is 5.88. The number of amides is 1. The number of hydrogen-bond donors (Lipinski definition) is 2. The summed E-state index contributed by atoms with van der Waals surface area (Å²) in [6.45, 7) is 0.334. The van der Waals surface area contributed by atoms with Crippen molar-refractivity contribution >= 4 is 16.7 Å². The van der Waals surface area contributed by atoms with Gasteiger partial charge in [-0.05, 0) is 24.1 Å². The molecule has 0 radical (unpaired) electrons. The molecule has 0 saturated heterocycles. The molecule has 0 aliphatic heterocycles. The van der Waals surface area contributed by atoms with Gasteiger partial charge in [-0.15, -0.1) is 0 Å². The molecule has 1 amide bonds. The summed E-state index contributed by atoms with van der Waals surface area (Å²) < 4.78 is 13.5. The molecule has 3 aromatic rings. The van der Waals surface area contributed by atoms with Gasteiger partial charge in [-0.3, -0.25) is 9.59 Å². The van der Waals surface area contributed by atoms with Gasteiger partial charge in [-0.1, -0.05) is 36.4 Å². The number of H-pyrrole nitrogens is 1. The summed E-state index contributed by atoms with van der Waals surface area (Å²) in [6.07, 6.45) is 0.465. The minimum atomic E-state index is -0.283. The van der Waals surface area contributed by atoms with Gasteiger partial charge in [-0.2, -0.15) is 5.10 Å². The van der Waals surface area contributed by atoms with Crippen LogP contribution < -0.4 is 10.9 Å². The SMILES string of the molecule is O=C(Cc1n[nH]c(=O)c2ccccc12)NCCc1ccccc1F. The topological polar surface area (TPSA) is 74.8 Å². The van der Waals surface area contributed by atoms with E-state index in [0.29, 0.717) is 35.0 Å². The Balaban J connectivity index is 1.65. The summed E-state index contributed by atoms with van der Waals surface area (Å²) in [4.78, 5) is 23.8. The molecule has 24 heavy (non-hydrogen) atoms. The van der Waals surface area contributed by atoms with Gasteiger partial charge >= 0.3 is 0 Å². The number of halogens is 1. The molecular weight excluding hydrogens is 309 g/mol. The summed E-state index contributed by atoms with van der Waals surface area (Å²) >= 11 is 0. The van der Waals surface area contributed by atoms with Crippen LogP contribution in [0.1, 0.15) is 11.3 Å². The summed E-state index contributed by atoms with van der Waals surface area (Å²) in [5.74, 6) is -0.504. The first kappa shape index (κ1) is 15.9. The monoisotopic (exact) mass is 325 g/mol. The van der Waals surface area contributed by atoms with Crippen molar-refractivity contribution in [1.29, 1.82) is 0 Å². The van der Waals surface area contributed by atoms with Crippen LogP contribution in [0.2, 0.25) is 0 Å². The number of rotatable bonds is 5. The van der Waals surface area contributed by atoms with Crippen molar-refractivity contribution in [3.05, 3.63) is 76.0 Å². The van der Waals surface area contributed by atoms with Gasteiger partial charge in [0.1, 0.15) is 5.82 Å². The quantitative estimate of drug-likeness (QED) is 0.753. The maximum atomic E-state index is 13.5. The molecule has 0 saturated carbocycles. The number of carbonyl (C=O) groups is 1. The number of fused-ring (bicyclic) bond motifs is 1. The summed E-state index contributed by atoms with van der Waals surface area (Å²) in [6, 6.07) is 13.5. The van der Waals surface area contributed by atoms with Crippen LogP contribution in [-0.2, 0) is 17.6 Å². The van der Waals surface area contributed by atoms with E-state index in [9.17, 15) is 14.0 Å². The van der Waals surface area contributed by atoms with Crippen molar-refractivity contribution in [3.8, 4) is 0 Å². The van der Waals surface area contributed by atoms with Crippen molar-refractivity contribution < 1.29 is 9.18 Å². The summed E-state index contributed by atoms with van der Waals surface area (Å²) in [5.41, 5.74) is 0.785. The third-order valence-corrected chi connectivity index (χ3v) is 3.78. The first-order chi connectivity index (χ1) is 11.6. The molecule has 2 N–H and O–H groups in total. The van der Waals surface area contributed by atoms with Gasteiger partial charge < -0.3 is 5.32 Å². The maximum absolute atomic E-state index is 13.5. The Bertz CT molecular complexity index is 937. The Morgan fingerprint density at radius 3 is 2.58 bits per heavy atom. The van der Waals surface area contributed by atoms with Gasteiger partial charge in [0.2, 0.25) is 5.91 Å². The first-order valence-corrected chi connectivity index (χ1v) is 7.61. The fraction of sp³-hybridized carbons (Fsp3) is 0.167. The molecule has 3 rings (SSSR count). The maximum Gasteiger partial charge on any atom is 0.272 e. The van der Waals surface area contributed by atoms with E-state index in [2.05, 4.69) is 15.5 Å². The van der Waals surface area contributed by atoms with E-state index in [-0.39, 0.29) is 23.7 Å². The molecule has 0 spiro atoms. The molecule has 0 unspecified atom stereocenters. The van der Waals surface area contributed by atoms with Crippen LogP contribution in [0.3, 0.4) is 0 Å². The molecule has 0 fully saturated rings. The fourth-order valence-electron chi connectivity index (χ4n) is 2.56. The highest BCUT2D eigenvalue weighted by atomic mass is 19.1. The van der Waals surface area contributed by atoms with Crippen molar-refractivity contribution in [3.63, 3.8) is 0 Å². The van der Waals surface area contributed by atoms with E-state index < -0.39 is 0 Å². The van der Waals surface area contributed by atoms with Crippen molar-refractivity contribution in [2.45, 2.75) is 12.8 Å². The van der Waals surface area contributed by atoms with Crippen LogP contribution in [0.15, 0.2) is 53.3 Å². The number of aromatic amines is 1. The Morgan fingerprint density at radius 1 is 1.08 bits per heavy atom.